The van der Waals surface area contributed by atoms with E-state index in [2.05, 4.69) is 15.1 Å². The molecule has 0 amide bonds. The van der Waals surface area contributed by atoms with Crippen LogP contribution in [-0.2, 0) is 7.05 Å². The Balaban J connectivity index is 2.13. The molecule has 0 aromatic carbocycles. The van der Waals surface area contributed by atoms with Crippen molar-refractivity contribution in [3.63, 3.8) is 0 Å². The second-order valence-corrected chi connectivity index (χ2v) is 4.28. The number of carbonyl (C=O) groups is 1. The topological polar surface area (TPSA) is 63.6 Å². The summed E-state index contributed by atoms with van der Waals surface area (Å²) in [4.78, 5) is 18.7. The van der Waals surface area contributed by atoms with Gasteiger partial charge in [-0.1, -0.05) is 0 Å². The number of hydrogen-bond donors (Lipinski definition) is 1. The molecular weight excluding hydrogens is 228 g/mol. The number of rotatable bonds is 2. The quantitative estimate of drug-likeness (QED) is 0.698. The van der Waals surface area contributed by atoms with E-state index in [1.54, 1.807) is 10.9 Å². The van der Waals surface area contributed by atoms with Gasteiger partial charge in [-0.3, -0.25) is 9.48 Å². The first-order valence-corrected chi connectivity index (χ1v) is 5.63. The molecule has 0 radical (unpaired) electrons. The number of nitrogens with one attached hydrogen (secondary N) is 1. The molecule has 1 N–H and O–H groups in total. The molecule has 0 atom stereocenters. The third-order valence-electron chi connectivity index (χ3n) is 2.87. The van der Waals surface area contributed by atoms with Gasteiger partial charge >= 0.3 is 0 Å². The molecule has 0 unspecified atom stereocenters. The van der Waals surface area contributed by atoms with Gasteiger partial charge in [0.2, 0.25) is 0 Å². The van der Waals surface area contributed by atoms with Gasteiger partial charge in [-0.05, 0) is 25.1 Å². The number of ketones is 1. The summed E-state index contributed by atoms with van der Waals surface area (Å²) in [7, 11) is 1.87. The Morgan fingerprint density at radius 1 is 1.39 bits per heavy atom. The fourth-order valence-electron chi connectivity index (χ4n) is 1.90. The minimum atomic E-state index is 0.0185. The predicted molar refractivity (Wildman–Crippen MR) is 68.3 cm³/mol. The molecule has 3 aromatic heterocycles. The number of aromatic amines is 1. The fraction of sp³-hybridized carbons (Fsp3) is 0.154. The van der Waals surface area contributed by atoms with Crippen LogP contribution in [0.5, 0.6) is 0 Å². The predicted octanol–water partition coefficient (Wildman–Crippen LogP) is 2.17. The summed E-state index contributed by atoms with van der Waals surface area (Å²) < 4.78 is 1.75. The Labute approximate surface area is 103 Å². The van der Waals surface area contributed by atoms with Gasteiger partial charge in [0, 0.05) is 30.4 Å². The van der Waals surface area contributed by atoms with Gasteiger partial charge in [-0.15, -0.1) is 0 Å². The molecule has 5 nitrogen and oxygen atoms in total. The second kappa shape index (κ2) is 3.80. The summed E-state index contributed by atoms with van der Waals surface area (Å²) in [5.74, 6) is 0.0185. The lowest BCUT2D eigenvalue weighted by atomic mass is 10.2. The van der Waals surface area contributed by atoms with E-state index >= 15 is 0 Å². The highest BCUT2D eigenvalue weighted by Gasteiger charge is 2.08. The Hall–Kier alpha value is -2.43. The number of fused-ring (bicyclic) bond motifs is 1. The highest BCUT2D eigenvalue weighted by Crippen LogP contribution is 2.22. The molecule has 0 spiro atoms. The summed E-state index contributed by atoms with van der Waals surface area (Å²) in [5.41, 5.74) is 3.15. The van der Waals surface area contributed by atoms with E-state index in [4.69, 9.17) is 0 Å². The maximum atomic E-state index is 11.3. The van der Waals surface area contributed by atoms with Crippen molar-refractivity contribution in [1.29, 1.82) is 0 Å². The van der Waals surface area contributed by atoms with Gasteiger partial charge in [0.1, 0.15) is 11.3 Å². The van der Waals surface area contributed by atoms with Crippen molar-refractivity contribution in [2.45, 2.75) is 6.92 Å². The summed E-state index contributed by atoms with van der Waals surface area (Å²) >= 11 is 0. The largest absolute Gasteiger partial charge is 0.338 e. The number of aromatic nitrogens is 4. The van der Waals surface area contributed by atoms with E-state index in [0.29, 0.717) is 5.56 Å². The molecule has 0 saturated heterocycles. The smallest absolute Gasteiger partial charge is 0.161 e. The molecule has 0 aliphatic rings. The van der Waals surface area contributed by atoms with Crippen LogP contribution in [0.3, 0.4) is 0 Å². The van der Waals surface area contributed by atoms with E-state index in [-0.39, 0.29) is 5.78 Å². The molecule has 3 aromatic rings. The first-order chi connectivity index (χ1) is 8.63. The van der Waals surface area contributed by atoms with Crippen molar-refractivity contribution in [1.82, 2.24) is 19.7 Å². The Morgan fingerprint density at radius 2 is 2.22 bits per heavy atom. The van der Waals surface area contributed by atoms with Crippen molar-refractivity contribution < 1.29 is 4.79 Å². The van der Waals surface area contributed by atoms with Crippen LogP contribution in [0.1, 0.15) is 17.3 Å². The molecule has 5 heteroatoms. The number of aryl methyl sites for hydroxylation is 1. The van der Waals surface area contributed by atoms with E-state index < -0.39 is 0 Å². The number of carbonyl (C=O) groups excluding carboxylic acids is 1. The van der Waals surface area contributed by atoms with Crippen molar-refractivity contribution in [2.75, 3.05) is 0 Å². The van der Waals surface area contributed by atoms with Crippen LogP contribution in [0, 0.1) is 0 Å². The molecule has 0 bridgehead atoms. The van der Waals surface area contributed by atoms with Crippen molar-refractivity contribution in [2.24, 2.45) is 7.05 Å². The lowest BCUT2D eigenvalue weighted by Crippen LogP contribution is -1.92. The Bertz CT molecular complexity index is 738. The Morgan fingerprint density at radius 3 is 2.89 bits per heavy atom. The molecule has 0 aliphatic carbocycles. The second-order valence-electron chi connectivity index (χ2n) is 4.28. The van der Waals surface area contributed by atoms with E-state index in [1.165, 1.54) is 6.92 Å². The maximum Gasteiger partial charge on any atom is 0.161 e. The number of hydrogen-bond acceptors (Lipinski definition) is 3. The van der Waals surface area contributed by atoms with E-state index in [0.717, 1.165) is 22.4 Å². The number of Topliss-reactive ketones (excluding diaryl/α,β-unsaturated/α-hetero) is 1. The van der Waals surface area contributed by atoms with Gasteiger partial charge in [0.15, 0.2) is 5.78 Å². The molecule has 0 aliphatic heterocycles. The summed E-state index contributed by atoms with van der Waals surface area (Å²) in [6.07, 6.45) is 3.47. The first kappa shape index (κ1) is 10.7. The molecule has 0 saturated carbocycles. The van der Waals surface area contributed by atoms with Crippen molar-refractivity contribution in [3.8, 4) is 11.4 Å². The number of nitrogens with zero attached hydrogens (tertiary/aromatic N) is 3. The minimum Gasteiger partial charge on any atom is -0.338 e. The van der Waals surface area contributed by atoms with Crippen LogP contribution < -0.4 is 0 Å². The van der Waals surface area contributed by atoms with Crippen LogP contribution in [0.25, 0.3) is 22.4 Å². The minimum absolute atomic E-state index is 0.0185. The fourth-order valence-corrected chi connectivity index (χ4v) is 1.90. The zero-order chi connectivity index (χ0) is 12.7. The molecule has 18 heavy (non-hydrogen) atoms. The molecule has 90 valence electrons. The van der Waals surface area contributed by atoms with Crippen LogP contribution >= 0.6 is 0 Å². The van der Waals surface area contributed by atoms with Gasteiger partial charge < -0.3 is 4.98 Å². The van der Waals surface area contributed by atoms with Crippen LogP contribution in [0.4, 0.5) is 0 Å². The van der Waals surface area contributed by atoms with Crippen LogP contribution in [0.2, 0.25) is 0 Å². The molecule has 0 fully saturated rings. The highest BCUT2D eigenvalue weighted by atomic mass is 16.1. The lowest BCUT2D eigenvalue weighted by molar-refractivity contribution is 0.101. The van der Waals surface area contributed by atoms with Gasteiger partial charge in [0.05, 0.1) is 5.69 Å². The molecule has 3 heterocycles. The lowest BCUT2D eigenvalue weighted by Gasteiger charge is -1.93. The van der Waals surface area contributed by atoms with Gasteiger partial charge in [-0.2, -0.15) is 5.10 Å². The van der Waals surface area contributed by atoms with Gasteiger partial charge in [0.25, 0.3) is 0 Å². The monoisotopic (exact) mass is 240 g/mol. The number of pyridine rings is 1. The van der Waals surface area contributed by atoms with Crippen LogP contribution in [0.15, 0.2) is 30.6 Å². The van der Waals surface area contributed by atoms with E-state index in [1.807, 2.05) is 31.4 Å². The zero-order valence-corrected chi connectivity index (χ0v) is 10.1. The average molecular weight is 240 g/mol. The number of H-pyrrole nitrogens is 1. The van der Waals surface area contributed by atoms with Crippen LogP contribution in [-0.4, -0.2) is 25.5 Å². The summed E-state index contributed by atoms with van der Waals surface area (Å²) in [6, 6.07) is 5.72. The molecule has 3 rings (SSSR count). The normalized spacial score (nSPS) is 11.0. The Kier molecular flexibility index (Phi) is 2.26. The van der Waals surface area contributed by atoms with Crippen molar-refractivity contribution >= 4 is 16.8 Å². The van der Waals surface area contributed by atoms with Gasteiger partial charge in [-0.25, -0.2) is 4.98 Å². The standard InChI is InChI=1S/C13H12N4O/c1-8(18)10-5-9-6-12(15-13(9)14-7-10)11-3-4-17(2)16-11/h3-7H,1-2H3,(H,14,15). The zero-order valence-electron chi connectivity index (χ0n) is 10.1. The average Bonchev–Trinajstić information content (AvgIpc) is 2.93. The highest BCUT2D eigenvalue weighted by molar-refractivity contribution is 5.97. The SMILES string of the molecule is CC(=O)c1cnc2[nH]c(-c3ccn(C)n3)cc2c1. The van der Waals surface area contributed by atoms with E-state index in [9.17, 15) is 4.79 Å². The third-order valence-corrected chi connectivity index (χ3v) is 2.87. The first-order valence-electron chi connectivity index (χ1n) is 5.63. The summed E-state index contributed by atoms with van der Waals surface area (Å²) in [6.45, 7) is 1.54. The van der Waals surface area contributed by atoms with Crippen molar-refractivity contribution in [3.05, 3.63) is 36.2 Å². The third kappa shape index (κ3) is 1.69. The summed E-state index contributed by atoms with van der Waals surface area (Å²) in [5, 5.41) is 5.24. The maximum absolute atomic E-state index is 11.3. The molecular formula is C13H12N4O.